The van der Waals surface area contributed by atoms with Crippen LogP contribution in [0.4, 0.5) is 0 Å². The Balaban J connectivity index is 0.000000218. The van der Waals surface area contributed by atoms with E-state index < -0.39 is 17.9 Å². The van der Waals surface area contributed by atoms with Crippen molar-refractivity contribution in [2.24, 2.45) is 0 Å². The number of hydrogen-bond donors (Lipinski definition) is 1. The van der Waals surface area contributed by atoms with E-state index in [0.29, 0.717) is 6.42 Å². The number of carboxylic acid groups (broad SMARTS) is 1. The molecule has 2 aliphatic heterocycles. The summed E-state index contributed by atoms with van der Waals surface area (Å²) in [6.07, 6.45) is 5.94. The zero-order valence-corrected chi connectivity index (χ0v) is 10.5. The molecule has 6 nitrogen and oxygen atoms in total. The van der Waals surface area contributed by atoms with Crippen molar-refractivity contribution in [3.63, 3.8) is 0 Å². The molecule has 1 fully saturated rings. The van der Waals surface area contributed by atoms with Gasteiger partial charge in [0.05, 0.1) is 6.10 Å². The van der Waals surface area contributed by atoms with Gasteiger partial charge in [0.2, 0.25) is 0 Å². The van der Waals surface area contributed by atoms with Crippen LogP contribution in [0.25, 0.3) is 0 Å². The van der Waals surface area contributed by atoms with Gasteiger partial charge in [-0.05, 0) is 25.7 Å². The molecule has 104 valence electrons. The molecular weight excluding hydrogens is 252 g/mol. The van der Waals surface area contributed by atoms with E-state index in [1.807, 2.05) is 0 Å². The molecule has 1 unspecified atom stereocenters. The van der Waals surface area contributed by atoms with Gasteiger partial charge in [0, 0.05) is 24.3 Å². The lowest BCUT2D eigenvalue weighted by Crippen LogP contribution is -2.07. The van der Waals surface area contributed by atoms with E-state index in [9.17, 15) is 14.4 Å². The summed E-state index contributed by atoms with van der Waals surface area (Å²) in [5.74, 6) is -2.05. The van der Waals surface area contributed by atoms with E-state index in [1.165, 1.54) is 0 Å². The Labute approximate surface area is 110 Å². The number of hydrogen-bond acceptors (Lipinski definition) is 5. The molecular formula is C13H16O6. The van der Waals surface area contributed by atoms with Crippen molar-refractivity contribution in [2.75, 3.05) is 6.61 Å². The molecule has 2 aliphatic rings. The summed E-state index contributed by atoms with van der Waals surface area (Å²) in [5.41, 5.74) is 0.283. The summed E-state index contributed by atoms with van der Waals surface area (Å²) in [5, 5.41) is 8.52. The summed E-state index contributed by atoms with van der Waals surface area (Å²) in [7, 11) is 0. The van der Waals surface area contributed by atoms with E-state index in [-0.39, 0.29) is 11.7 Å². The predicted octanol–water partition coefficient (Wildman–Crippen LogP) is 1.21. The SMILES string of the molecule is C=C(CCC1CCCO1)C(=O)O.O=C1C=CC(=O)O1. The predicted molar refractivity (Wildman–Crippen MR) is 65.2 cm³/mol. The molecule has 0 aliphatic carbocycles. The van der Waals surface area contributed by atoms with Crippen LogP contribution in [0.3, 0.4) is 0 Å². The van der Waals surface area contributed by atoms with Crippen molar-refractivity contribution in [3.05, 3.63) is 24.3 Å². The molecule has 0 saturated carbocycles. The molecule has 1 atom stereocenters. The van der Waals surface area contributed by atoms with Gasteiger partial charge < -0.3 is 14.6 Å². The fraction of sp³-hybridized carbons (Fsp3) is 0.462. The largest absolute Gasteiger partial charge is 0.478 e. The molecule has 19 heavy (non-hydrogen) atoms. The number of aliphatic carboxylic acids is 1. The standard InChI is InChI=1S/C9H14O3.C4H2O3/c1-7(9(10)11)4-5-8-3-2-6-12-8;5-3-1-2-4(6)7-3/h8H,1-6H2,(H,10,11);1-2H. The molecule has 6 heteroatoms. The second kappa shape index (κ2) is 7.48. The lowest BCUT2D eigenvalue weighted by molar-refractivity contribution is -0.150. The van der Waals surface area contributed by atoms with Crippen LogP contribution < -0.4 is 0 Å². The first-order valence-electron chi connectivity index (χ1n) is 5.95. The molecule has 2 rings (SSSR count). The number of esters is 2. The minimum atomic E-state index is -0.895. The highest BCUT2D eigenvalue weighted by Crippen LogP contribution is 2.18. The minimum absolute atomic E-state index is 0.265. The number of carboxylic acids is 1. The maximum absolute atomic E-state index is 10.4. The number of rotatable bonds is 4. The third-order valence-corrected chi connectivity index (χ3v) is 2.65. The van der Waals surface area contributed by atoms with Crippen LogP contribution in [-0.2, 0) is 23.9 Å². The van der Waals surface area contributed by atoms with Crippen molar-refractivity contribution in [1.82, 2.24) is 0 Å². The first kappa shape index (κ1) is 15.1. The smallest absolute Gasteiger partial charge is 0.338 e. The molecule has 1 saturated heterocycles. The van der Waals surface area contributed by atoms with Crippen LogP contribution in [0.5, 0.6) is 0 Å². The zero-order valence-electron chi connectivity index (χ0n) is 10.5. The van der Waals surface area contributed by atoms with Crippen LogP contribution in [0, 0.1) is 0 Å². The Kier molecular flexibility index (Phi) is 5.95. The Morgan fingerprint density at radius 3 is 2.37 bits per heavy atom. The molecule has 0 aromatic carbocycles. The molecule has 0 amide bonds. The van der Waals surface area contributed by atoms with Gasteiger partial charge in [-0.3, -0.25) is 0 Å². The van der Waals surface area contributed by atoms with Crippen LogP contribution in [-0.4, -0.2) is 35.7 Å². The number of cyclic esters (lactones) is 2. The van der Waals surface area contributed by atoms with Gasteiger partial charge >= 0.3 is 17.9 Å². The molecule has 0 radical (unpaired) electrons. The average molecular weight is 268 g/mol. The second-order valence-electron chi connectivity index (χ2n) is 4.16. The summed E-state index contributed by atoms with van der Waals surface area (Å²) in [6, 6.07) is 0. The maximum atomic E-state index is 10.4. The number of carbonyl (C=O) groups excluding carboxylic acids is 2. The third kappa shape index (κ3) is 5.96. The van der Waals surface area contributed by atoms with Crippen LogP contribution in [0.15, 0.2) is 24.3 Å². The highest BCUT2D eigenvalue weighted by molar-refractivity contribution is 6.04. The molecule has 1 N–H and O–H groups in total. The summed E-state index contributed by atoms with van der Waals surface area (Å²) in [4.78, 5) is 30.2. The van der Waals surface area contributed by atoms with Crippen molar-refractivity contribution >= 4 is 17.9 Å². The molecule has 0 aromatic rings. The molecule has 0 bridgehead atoms. The van der Waals surface area contributed by atoms with Gasteiger partial charge in [0.25, 0.3) is 0 Å². The zero-order chi connectivity index (χ0) is 14.3. The average Bonchev–Trinajstić information content (AvgIpc) is 2.98. The summed E-state index contributed by atoms with van der Waals surface area (Å²) >= 11 is 0. The number of ether oxygens (including phenoxy) is 2. The Morgan fingerprint density at radius 1 is 1.37 bits per heavy atom. The van der Waals surface area contributed by atoms with Crippen molar-refractivity contribution < 1.29 is 29.0 Å². The Bertz CT molecular complexity index is 387. The fourth-order valence-corrected chi connectivity index (χ4v) is 1.62. The van der Waals surface area contributed by atoms with Gasteiger partial charge in [0.15, 0.2) is 0 Å². The Hall–Kier alpha value is -1.95. The quantitative estimate of drug-likeness (QED) is 0.468. The summed E-state index contributed by atoms with van der Waals surface area (Å²) < 4.78 is 9.32. The van der Waals surface area contributed by atoms with Crippen molar-refractivity contribution in [3.8, 4) is 0 Å². The van der Waals surface area contributed by atoms with Gasteiger partial charge in [-0.2, -0.15) is 0 Å². The first-order valence-corrected chi connectivity index (χ1v) is 5.95. The number of carbonyl (C=O) groups is 3. The van der Waals surface area contributed by atoms with Gasteiger partial charge in [-0.25, -0.2) is 14.4 Å². The maximum Gasteiger partial charge on any atom is 0.338 e. The Morgan fingerprint density at radius 2 is 2.00 bits per heavy atom. The molecule has 0 aromatic heterocycles. The molecule has 2 heterocycles. The van der Waals surface area contributed by atoms with Crippen LogP contribution in [0.2, 0.25) is 0 Å². The van der Waals surface area contributed by atoms with Crippen molar-refractivity contribution in [2.45, 2.75) is 31.8 Å². The van der Waals surface area contributed by atoms with E-state index in [1.54, 1.807) is 0 Å². The van der Waals surface area contributed by atoms with Gasteiger partial charge in [0.1, 0.15) is 0 Å². The minimum Gasteiger partial charge on any atom is -0.478 e. The molecule has 0 spiro atoms. The first-order chi connectivity index (χ1) is 8.99. The van der Waals surface area contributed by atoms with E-state index in [0.717, 1.165) is 38.0 Å². The van der Waals surface area contributed by atoms with E-state index in [2.05, 4.69) is 11.3 Å². The monoisotopic (exact) mass is 268 g/mol. The second-order valence-corrected chi connectivity index (χ2v) is 4.16. The van der Waals surface area contributed by atoms with Crippen molar-refractivity contribution in [1.29, 1.82) is 0 Å². The van der Waals surface area contributed by atoms with Crippen LogP contribution >= 0.6 is 0 Å². The fourth-order valence-electron chi connectivity index (χ4n) is 1.62. The normalized spacial score (nSPS) is 20.7. The third-order valence-electron chi connectivity index (χ3n) is 2.65. The topological polar surface area (TPSA) is 89.9 Å². The summed E-state index contributed by atoms with van der Waals surface area (Å²) in [6.45, 7) is 4.28. The van der Waals surface area contributed by atoms with E-state index in [4.69, 9.17) is 9.84 Å². The van der Waals surface area contributed by atoms with Gasteiger partial charge in [-0.15, -0.1) is 0 Å². The lowest BCUT2D eigenvalue weighted by Gasteiger charge is -2.07. The van der Waals surface area contributed by atoms with Gasteiger partial charge in [-0.1, -0.05) is 6.58 Å². The lowest BCUT2D eigenvalue weighted by atomic mass is 10.1. The highest BCUT2D eigenvalue weighted by Gasteiger charge is 2.16. The van der Waals surface area contributed by atoms with Crippen LogP contribution in [0.1, 0.15) is 25.7 Å². The highest BCUT2D eigenvalue weighted by atomic mass is 16.6. The van der Waals surface area contributed by atoms with E-state index >= 15 is 0 Å².